The number of hydrogen-bond donors (Lipinski definition) is 1. The first-order valence-electron chi connectivity index (χ1n) is 8.21. The van der Waals surface area contributed by atoms with Gasteiger partial charge in [0, 0.05) is 19.3 Å². The van der Waals surface area contributed by atoms with E-state index in [4.69, 9.17) is 4.74 Å². The number of hydrogen-bond acceptors (Lipinski definition) is 2. The summed E-state index contributed by atoms with van der Waals surface area (Å²) in [6, 6.07) is 0.806. The molecule has 106 valence electrons. The van der Waals surface area contributed by atoms with E-state index in [9.17, 15) is 0 Å². The molecule has 2 aliphatic rings. The van der Waals surface area contributed by atoms with E-state index in [0.29, 0.717) is 0 Å². The summed E-state index contributed by atoms with van der Waals surface area (Å²) in [4.78, 5) is 0. The highest BCUT2D eigenvalue weighted by Gasteiger charge is 2.34. The molecule has 0 aromatic heterocycles. The van der Waals surface area contributed by atoms with Crippen LogP contribution in [0.2, 0.25) is 0 Å². The van der Waals surface area contributed by atoms with Gasteiger partial charge in [0.15, 0.2) is 0 Å². The van der Waals surface area contributed by atoms with Crippen molar-refractivity contribution >= 4 is 0 Å². The zero-order valence-corrected chi connectivity index (χ0v) is 12.1. The summed E-state index contributed by atoms with van der Waals surface area (Å²) in [5.41, 5.74) is 0. The molecule has 0 radical (unpaired) electrons. The summed E-state index contributed by atoms with van der Waals surface area (Å²) in [6.45, 7) is 5.24. The molecular formula is C16H31NO. The van der Waals surface area contributed by atoms with E-state index in [2.05, 4.69) is 12.2 Å². The van der Waals surface area contributed by atoms with Gasteiger partial charge in [0.1, 0.15) is 0 Å². The summed E-state index contributed by atoms with van der Waals surface area (Å²) in [5.74, 6) is 2.16. The lowest BCUT2D eigenvalue weighted by molar-refractivity contribution is 0.127. The topological polar surface area (TPSA) is 21.3 Å². The van der Waals surface area contributed by atoms with Gasteiger partial charge in [-0.25, -0.2) is 0 Å². The second-order valence-electron chi connectivity index (χ2n) is 6.23. The highest BCUT2D eigenvalue weighted by Crippen LogP contribution is 2.43. The molecule has 2 unspecified atom stereocenters. The van der Waals surface area contributed by atoms with Crippen LogP contribution in [0.5, 0.6) is 0 Å². The normalized spacial score (nSPS) is 28.5. The lowest BCUT2D eigenvalue weighted by atomic mass is 9.83. The van der Waals surface area contributed by atoms with Crippen molar-refractivity contribution in [2.75, 3.05) is 19.8 Å². The molecule has 18 heavy (non-hydrogen) atoms. The highest BCUT2D eigenvalue weighted by molar-refractivity contribution is 4.87. The summed E-state index contributed by atoms with van der Waals surface area (Å²) < 4.78 is 5.59. The van der Waals surface area contributed by atoms with E-state index in [1.54, 1.807) is 0 Å². The Morgan fingerprint density at radius 2 is 1.83 bits per heavy atom. The zero-order chi connectivity index (χ0) is 12.6. The molecule has 0 aromatic rings. The summed E-state index contributed by atoms with van der Waals surface area (Å²) in [5, 5.41) is 3.75. The zero-order valence-electron chi connectivity index (χ0n) is 12.1. The first-order chi connectivity index (χ1) is 8.90. The average molecular weight is 253 g/mol. The van der Waals surface area contributed by atoms with E-state index in [0.717, 1.165) is 37.6 Å². The maximum Gasteiger partial charge on any atom is 0.0478 e. The van der Waals surface area contributed by atoms with Crippen LogP contribution in [-0.2, 0) is 4.74 Å². The maximum atomic E-state index is 5.59. The Kier molecular flexibility index (Phi) is 6.50. The molecule has 0 bridgehead atoms. The molecule has 0 spiro atoms. The molecular weight excluding hydrogens is 222 g/mol. The second kappa shape index (κ2) is 8.16. The van der Waals surface area contributed by atoms with Crippen LogP contribution < -0.4 is 5.32 Å². The molecule has 2 aliphatic carbocycles. The Hall–Kier alpha value is -0.0800. The second-order valence-corrected chi connectivity index (χ2v) is 6.23. The molecule has 0 saturated heterocycles. The van der Waals surface area contributed by atoms with Gasteiger partial charge < -0.3 is 10.1 Å². The molecule has 0 amide bonds. The van der Waals surface area contributed by atoms with E-state index >= 15 is 0 Å². The van der Waals surface area contributed by atoms with Crippen LogP contribution in [0.3, 0.4) is 0 Å². The smallest absolute Gasteiger partial charge is 0.0478 e. The molecule has 2 nitrogen and oxygen atoms in total. The lowest BCUT2D eigenvalue weighted by Gasteiger charge is -2.30. The first kappa shape index (κ1) is 14.3. The van der Waals surface area contributed by atoms with Crippen molar-refractivity contribution < 1.29 is 4.74 Å². The Labute approximate surface area is 113 Å². The fraction of sp³-hybridized carbons (Fsp3) is 1.00. The van der Waals surface area contributed by atoms with Crippen LogP contribution in [0, 0.1) is 11.8 Å². The number of rotatable bonds is 9. The van der Waals surface area contributed by atoms with Gasteiger partial charge in [-0.3, -0.25) is 0 Å². The van der Waals surface area contributed by atoms with Crippen molar-refractivity contribution in [3.8, 4) is 0 Å². The van der Waals surface area contributed by atoms with Crippen molar-refractivity contribution in [2.45, 2.75) is 70.8 Å². The quantitative estimate of drug-likeness (QED) is 0.632. The molecule has 0 aromatic carbocycles. The van der Waals surface area contributed by atoms with Crippen LogP contribution in [0.4, 0.5) is 0 Å². The van der Waals surface area contributed by atoms with Crippen molar-refractivity contribution in [1.29, 1.82) is 0 Å². The van der Waals surface area contributed by atoms with Gasteiger partial charge in [-0.2, -0.15) is 0 Å². The van der Waals surface area contributed by atoms with Gasteiger partial charge >= 0.3 is 0 Å². The predicted molar refractivity (Wildman–Crippen MR) is 76.8 cm³/mol. The monoisotopic (exact) mass is 253 g/mol. The van der Waals surface area contributed by atoms with Gasteiger partial charge in [-0.15, -0.1) is 0 Å². The van der Waals surface area contributed by atoms with Gasteiger partial charge in [0.05, 0.1) is 0 Å². The fourth-order valence-electron chi connectivity index (χ4n) is 3.24. The third kappa shape index (κ3) is 5.27. The Bertz CT molecular complexity index is 215. The molecule has 2 rings (SSSR count). The summed E-state index contributed by atoms with van der Waals surface area (Å²) >= 11 is 0. The maximum absolute atomic E-state index is 5.59. The van der Waals surface area contributed by atoms with Crippen LogP contribution in [-0.4, -0.2) is 25.8 Å². The van der Waals surface area contributed by atoms with Crippen LogP contribution >= 0.6 is 0 Å². The fourth-order valence-corrected chi connectivity index (χ4v) is 3.24. The van der Waals surface area contributed by atoms with Crippen molar-refractivity contribution in [2.24, 2.45) is 11.8 Å². The number of unbranched alkanes of at least 4 members (excludes halogenated alkanes) is 1. The largest absolute Gasteiger partial charge is 0.381 e. The Balaban J connectivity index is 1.45. The molecule has 2 heteroatoms. The molecule has 2 atom stereocenters. The third-order valence-electron chi connectivity index (χ3n) is 4.54. The highest BCUT2D eigenvalue weighted by atomic mass is 16.5. The molecule has 0 heterocycles. The first-order valence-corrected chi connectivity index (χ1v) is 8.21. The van der Waals surface area contributed by atoms with Gasteiger partial charge in [0.2, 0.25) is 0 Å². The molecule has 0 aliphatic heterocycles. The molecule has 1 N–H and O–H groups in total. The van der Waals surface area contributed by atoms with Crippen LogP contribution in [0.1, 0.15) is 64.7 Å². The van der Waals surface area contributed by atoms with Gasteiger partial charge in [0.25, 0.3) is 0 Å². The molecule has 2 fully saturated rings. The van der Waals surface area contributed by atoms with Crippen molar-refractivity contribution in [1.82, 2.24) is 5.32 Å². The minimum Gasteiger partial charge on any atom is -0.381 e. The van der Waals surface area contributed by atoms with Gasteiger partial charge in [-0.1, -0.05) is 26.2 Å². The van der Waals surface area contributed by atoms with E-state index < -0.39 is 0 Å². The summed E-state index contributed by atoms with van der Waals surface area (Å²) in [7, 11) is 0. The van der Waals surface area contributed by atoms with E-state index in [1.165, 1.54) is 57.8 Å². The van der Waals surface area contributed by atoms with Gasteiger partial charge in [-0.05, 0) is 56.9 Å². The Morgan fingerprint density at radius 3 is 2.61 bits per heavy atom. The summed E-state index contributed by atoms with van der Waals surface area (Å²) in [6.07, 6.45) is 12.5. The standard InChI is InChI=1S/C16H31NO/c1-2-3-11-18-12-5-10-17-16-7-4-6-15(13-16)14-8-9-14/h14-17H,2-13H2,1H3. The lowest BCUT2D eigenvalue weighted by Crippen LogP contribution is -2.35. The van der Waals surface area contributed by atoms with Crippen LogP contribution in [0.15, 0.2) is 0 Å². The SMILES string of the molecule is CCCCOCCCNC1CCCC(C2CC2)C1. The number of ether oxygens (including phenoxy) is 1. The minimum absolute atomic E-state index is 0.806. The minimum atomic E-state index is 0.806. The predicted octanol–water partition coefficient (Wildman–Crippen LogP) is 3.75. The third-order valence-corrected chi connectivity index (χ3v) is 4.54. The van der Waals surface area contributed by atoms with Crippen LogP contribution in [0.25, 0.3) is 0 Å². The number of nitrogens with one attached hydrogen (secondary N) is 1. The molecule has 2 saturated carbocycles. The Morgan fingerprint density at radius 1 is 1.00 bits per heavy atom. The average Bonchev–Trinajstić information content (AvgIpc) is 3.22. The van der Waals surface area contributed by atoms with E-state index in [-0.39, 0.29) is 0 Å². The van der Waals surface area contributed by atoms with Crippen molar-refractivity contribution in [3.05, 3.63) is 0 Å². The van der Waals surface area contributed by atoms with Crippen molar-refractivity contribution in [3.63, 3.8) is 0 Å². The van der Waals surface area contributed by atoms with E-state index in [1.807, 2.05) is 0 Å².